The van der Waals surface area contributed by atoms with Crippen molar-refractivity contribution in [1.82, 2.24) is 0 Å². The highest BCUT2D eigenvalue weighted by atomic mass is 19.4. The molecule has 0 radical (unpaired) electrons. The number of alkyl halides is 9. The monoisotopic (exact) mass is 346 g/mol. The molecule has 0 fully saturated rings. The zero-order valence-corrected chi connectivity index (χ0v) is 10.8. The lowest BCUT2D eigenvalue weighted by Gasteiger charge is -2.33. The summed E-state index contributed by atoms with van der Waals surface area (Å²) in [6, 6.07) is 0. The van der Waals surface area contributed by atoms with Gasteiger partial charge in [0.2, 0.25) is 0 Å². The Kier molecular flexibility index (Phi) is 6.49. The van der Waals surface area contributed by atoms with Gasteiger partial charge in [0.25, 0.3) is 0 Å². The Morgan fingerprint density at radius 3 is 1.82 bits per heavy atom. The van der Waals surface area contributed by atoms with E-state index in [1.807, 2.05) is 0 Å². The first kappa shape index (κ1) is 20.7. The molecule has 22 heavy (non-hydrogen) atoms. The van der Waals surface area contributed by atoms with E-state index in [0.29, 0.717) is 0 Å². The van der Waals surface area contributed by atoms with E-state index in [4.69, 9.17) is 0 Å². The van der Waals surface area contributed by atoms with E-state index in [9.17, 15) is 44.3 Å². The first-order valence-electron chi connectivity index (χ1n) is 5.64. The first-order chi connectivity index (χ1) is 9.70. The highest BCUT2D eigenvalue weighted by molar-refractivity contribution is 5.89. The molecule has 0 rings (SSSR count). The smallest absolute Gasteiger partial charge is 0.381 e. The summed E-state index contributed by atoms with van der Waals surface area (Å²) >= 11 is 0. The normalized spacial score (nSPS) is 14.0. The summed E-state index contributed by atoms with van der Waals surface area (Å²) in [5, 5.41) is 0. The average Bonchev–Trinajstić information content (AvgIpc) is 2.36. The summed E-state index contributed by atoms with van der Waals surface area (Å²) in [6.07, 6.45) is -8.37. The third-order valence-corrected chi connectivity index (χ3v) is 2.49. The van der Waals surface area contributed by atoms with Gasteiger partial charge in [-0.15, -0.1) is 0 Å². The minimum Gasteiger partial charge on any atom is -0.381 e. The predicted octanol–water partition coefficient (Wildman–Crippen LogP) is 4.01. The molecule has 0 aromatic rings. The van der Waals surface area contributed by atoms with Crippen molar-refractivity contribution in [1.29, 1.82) is 0 Å². The molecule has 0 N–H and O–H groups in total. The quantitative estimate of drug-likeness (QED) is 0.358. The largest absolute Gasteiger partial charge is 0.460 e. The summed E-state index contributed by atoms with van der Waals surface area (Å²) < 4.78 is 116. The van der Waals surface area contributed by atoms with Crippen LogP contribution in [0.1, 0.15) is 12.8 Å². The zero-order valence-electron chi connectivity index (χ0n) is 10.8. The fraction of sp³-hybridized carbons (Fsp3) is 0.727. The van der Waals surface area contributed by atoms with Gasteiger partial charge in [0.15, 0.2) is 5.78 Å². The number of allylic oxidation sites excluding steroid dienone is 1. The molecule has 0 aliphatic heterocycles. The molecule has 0 saturated carbocycles. The molecule has 0 amide bonds. The molecule has 0 aliphatic carbocycles. The SMILES string of the molecule is C=CC(=O)CCOCCC(F)(F)C(F)(F)C(F)(F)C(F)(F)F. The second kappa shape index (κ2) is 6.88. The number of rotatable bonds is 9. The highest BCUT2D eigenvalue weighted by Crippen LogP contribution is 2.53. The topological polar surface area (TPSA) is 26.3 Å². The van der Waals surface area contributed by atoms with Crippen molar-refractivity contribution in [2.24, 2.45) is 0 Å². The summed E-state index contributed by atoms with van der Waals surface area (Å²) in [5.41, 5.74) is 0. The minimum atomic E-state index is -6.90. The molecular weight excluding hydrogens is 335 g/mol. The van der Waals surface area contributed by atoms with Crippen LogP contribution in [0.2, 0.25) is 0 Å². The standard InChI is InChI=1S/C11H11F9O2/c1-2-7(21)3-5-22-6-4-8(12,13)9(14,15)10(16,17)11(18,19)20/h2H,1,3-6H2. The number of hydrogen-bond donors (Lipinski definition) is 0. The van der Waals surface area contributed by atoms with Gasteiger partial charge in [-0.2, -0.15) is 39.5 Å². The van der Waals surface area contributed by atoms with Gasteiger partial charge in [0.1, 0.15) is 0 Å². The second-order valence-electron chi connectivity index (χ2n) is 4.13. The first-order valence-corrected chi connectivity index (χ1v) is 5.64. The van der Waals surface area contributed by atoms with Crippen LogP contribution < -0.4 is 0 Å². The molecule has 0 heterocycles. The minimum absolute atomic E-state index is 0.329. The lowest BCUT2D eigenvalue weighted by Crippen LogP contribution is -2.61. The van der Waals surface area contributed by atoms with E-state index in [0.717, 1.165) is 6.08 Å². The number of carbonyl (C=O) groups is 1. The Morgan fingerprint density at radius 1 is 0.909 bits per heavy atom. The van der Waals surface area contributed by atoms with Crippen molar-refractivity contribution in [3.8, 4) is 0 Å². The fourth-order valence-electron chi connectivity index (χ4n) is 1.14. The molecular formula is C11H11F9O2. The molecule has 0 saturated heterocycles. The van der Waals surface area contributed by atoms with Crippen molar-refractivity contribution in [2.45, 2.75) is 36.8 Å². The highest BCUT2D eigenvalue weighted by Gasteiger charge is 2.81. The van der Waals surface area contributed by atoms with Gasteiger partial charge in [-0.05, 0) is 6.08 Å². The molecule has 0 atom stereocenters. The Morgan fingerprint density at radius 2 is 1.41 bits per heavy atom. The van der Waals surface area contributed by atoms with Crippen molar-refractivity contribution in [2.75, 3.05) is 13.2 Å². The molecule has 0 unspecified atom stereocenters. The maximum Gasteiger partial charge on any atom is 0.460 e. The van der Waals surface area contributed by atoms with Gasteiger partial charge in [0, 0.05) is 12.8 Å². The van der Waals surface area contributed by atoms with Crippen molar-refractivity contribution < 1.29 is 49.0 Å². The Balaban J connectivity index is 4.72. The molecule has 0 aromatic heterocycles. The number of hydrogen-bond acceptors (Lipinski definition) is 2. The van der Waals surface area contributed by atoms with Crippen LogP contribution in [-0.4, -0.2) is 42.9 Å². The van der Waals surface area contributed by atoms with Crippen molar-refractivity contribution in [3.63, 3.8) is 0 Å². The van der Waals surface area contributed by atoms with Gasteiger partial charge in [-0.25, -0.2) is 0 Å². The van der Waals surface area contributed by atoms with Crippen molar-refractivity contribution in [3.05, 3.63) is 12.7 Å². The molecule has 0 bridgehead atoms. The maximum absolute atomic E-state index is 13.0. The van der Waals surface area contributed by atoms with E-state index in [-0.39, 0.29) is 6.42 Å². The molecule has 0 aliphatic rings. The van der Waals surface area contributed by atoms with Gasteiger partial charge in [-0.1, -0.05) is 6.58 Å². The summed E-state index contributed by atoms with van der Waals surface area (Å²) in [6.45, 7) is 1.33. The van der Waals surface area contributed by atoms with Gasteiger partial charge < -0.3 is 4.74 Å². The zero-order chi connectivity index (χ0) is 17.8. The van der Waals surface area contributed by atoms with Gasteiger partial charge in [-0.3, -0.25) is 4.79 Å². The molecule has 130 valence electrons. The van der Waals surface area contributed by atoms with E-state index in [2.05, 4.69) is 11.3 Å². The van der Waals surface area contributed by atoms with Crippen LogP contribution in [0, 0.1) is 0 Å². The Labute approximate surface area is 118 Å². The van der Waals surface area contributed by atoms with Gasteiger partial charge >= 0.3 is 23.9 Å². The lowest BCUT2D eigenvalue weighted by atomic mass is 10.0. The molecule has 2 nitrogen and oxygen atoms in total. The van der Waals surface area contributed by atoms with Crippen LogP contribution in [0.5, 0.6) is 0 Å². The number of ether oxygens (including phenoxy) is 1. The van der Waals surface area contributed by atoms with E-state index < -0.39 is 49.4 Å². The summed E-state index contributed by atoms with van der Waals surface area (Å²) in [7, 11) is 0. The van der Waals surface area contributed by atoms with Crippen LogP contribution in [0.3, 0.4) is 0 Å². The molecule has 0 spiro atoms. The van der Waals surface area contributed by atoms with Crippen LogP contribution in [0.4, 0.5) is 39.5 Å². The van der Waals surface area contributed by atoms with Crippen LogP contribution in [0.25, 0.3) is 0 Å². The fourth-order valence-corrected chi connectivity index (χ4v) is 1.14. The van der Waals surface area contributed by atoms with Crippen LogP contribution >= 0.6 is 0 Å². The molecule has 0 aromatic carbocycles. The second-order valence-corrected chi connectivity index (χ2v) is 4.13. The maximum atomic E-state index is 13.0. The number of carbonyl (C=O) groups excluding carboxylic acids is 1. The Hall–Kier alpha value is -1.26. The Bertz CT molecular complexity index is 401. The van der Waals surface area contributed by atoms with E-state index in [1.165, 1.54) is 0 Å². The summed E-state index contributed by atoms with van der Waals surface area (Å²) in [4.78, 5) is 10.7. The third-order valence-electron chi connectivity index (χ3n) is 2.49. The third kappa shape index (κ3) is 4.37. The van der Waals surface area contributed by atoms with Gasteiger partial charge in [0.05, 0.1) is 13.2 Å². The summed E-state index contributed by atoms with van der Waals surface area (Å²) in [5.74, 6) is -19.8. The van der Waals surface area contributed by atoms with E-state index >= 15 is 0 Å². The van der Waals surface area contributed by atoms with E-state index in [1.54, 1.807) is 0 Å². The number of halogens is 9. The van der Waals surface area contributed by atoms with Crippen LogP contribution in [-0.2, 0) is 9.53 Å². The number of ketones is 1. The lowest BCUT2D eigenvalue weighted by molar-refractivity contribution is -0.397. The van der Waals surface area contributed by atoms with Crippen LogP contribution in [0.15, 0.2) is 12.7 Å². The predicted molar refractivity (Wildman–Crippen MR) is 56.2 cm³/mol. The average molecular weight is 346 g/mol. The van der Waals surface area contributed by atoms with Crippen molar-refractivity contribution >= 4 is 5.78 Å². The molecule has 11 heteroatoms.